The lowest BCUT2D eigenvalue weighted by Gasteiger charge is -2.09. The number of nitriles is 1. The van der Waals surface area contributed by atoms with Gasteiger partial charge in [-0.15, -0.1) is 0 Å². The monoisotopic (exact) mass is 317 g/mol. The van der Waals surface area contributed by atoms with Gasteiger partial charge in [-0.3, -0.25) is 4.79 Å². The summed E-state index contributed by atoms with van der Waals surface area (Å²) in [5, 5.41) is 16.1. The third-order valence-corrected chi connectivity index (χ3v) is 4.20. The lowest BCUT2D eigenvalue weighted by Crippen LogP contribution is -2.25. The number of benzene rings is 1. The third-order valence-electron chi connectivity index (χ3n) is 4.20. The molecule has 1 aliphatic carbocycles. The summed E-state index contributed by atoms with van der Waals surface area (Å²) in [7, 11) is 0. The van der Waals surface area contributed by atoms with Crippen LogP contribution in [-0.4, -0.2) is 27.0 Å². The van der Waals surface area contributed by atoms with E-state index in [0.29, 0.717) is 22.7 Å². The van der Waals surface area contributed by atoms with Gasteiger partial charge in [0, 0.05) is 17.7 Å². The third kappa shape index (κ3) is 2.72. The van der Waals surface area contributed by atoms with E-state index >= 15 is 0 Å². The van der Waals surface area contributed by atoms with E-state index in [4.69, 9.17) is 5.26 Å². The first-order chi connectivity index (χ1) is 11.7. The second-order valence-corrected chi connectivity index (χ2v) is 6.00. The van der Waals surface area contributed by atoms with E-state index in [9.17, 15) is 4.79 Å². The van der Waals surface area contributed by atoms with E-state index in [1.165, 1.54) is 19.2 Å². The molecule has 1 saturated carbocycles. The molecular formula is C18H15N5O. The molecule has 0 radical (unpaired) electrons. The molecule has 6 heteroatoms. The van der Waals surface area contributed by atoms with Crippen LogP contribution < -0.4 is 5.32 Å². The Morgan fingerprint density at radius 1 is 1.29 bits per heavy atom. The zero-order valence-electron chi connectivity index (χ0n) is 12.9. The fraction of sp³-hybridized carbons (Fsp3) is 0.222. The molecule has 2 aromatic heterocycles. The number of nitrogens with one attached hydrogen (secondary N) is 1. The largest absolute Gasteiger partial charge is 0.352 e. The van der Waals surface area contributed by atoms with Gasteiger partial charge >= 0.3 is 0 Å². The van der Waals surface area contributed by atoms with Gasteiger partial charge in [0.25, 0.3) is 5.91 Å². The summed E-state index contributed by atoms with van der Waals surface area (Å²) >= 11 is 0. The summed E-state index contributed by atoms with van der Waals surface area (Å²) in [6.07, 6.45) is 3.86. The normalized spacial score (nSPS) is 13.6. The number of carbonyl (C=O) groups excluding carboxylic acids is 1. The van der Waals surface area contributed by atoms with Crippen LogP contribution in [0.2, 0.25) is 0 Å². The van der Waals surface area contributed by atoms with Gasteiger partial charge in [0.15, 0.2) is 5.65 Å². The van der Waals surface area contributed by atoms with Crippen LogP contribution in [0, 0.1) is 17.2 Å². The number of hydrogen-bond donors (Lipinski definition) is 1. The van der Waals surface area contributed by atoms with E-state index in [1.807, 2.05) is 18.2 Å². The number of amides is 1. The Labute approximate surface area is 138 Å². The Morgan fingerprint density at radius 2 is 2.08 bits per heavy atom. The van der Waals surface area contributed by atoms with Crippen LogP contribution in [0.25, 0.3) is 16.9 Å². The molecular weight excluding hydrogens is 302 g/mol. The van der Waals surface area contributed by atoms with Crippen LogP contribution in [0.1, 0.15) is 28.8 Å². The summed E-state index contributed by atoms with van der Waals surface area (Å²) in [4.78, 5) is 16.6. The predicted molar refractivity (Wildman–Crippen MR) is 88.2 cm³/mol. The number of carbonyl (C=O) groups is 1. The lowest BCUT2D eigenvalue weighted by atomic mass is 10.1. The van der Waals surface area contributed by atoms with Crippen molar-refractivity contribution in [3.8, 4) is 17.3 Å². The molecule has 0 aliphatic heterocycles. The minimum atomic E-state index is -0.0951. The SMILES string of the molecule is N#Cc1ccc(-c2cc(C(=O)NCC3CC3)cc3ncnn23)cc1. The van der Waals surface area contributed by atoms with Gasteiger partial charge in [0.05, 0.1) is 17.3 Å². The maximum atomic E-state index is 12.4. The van der Waals surface area contributed by atoms with Crippen molar-refractivity contribution in [1.29, 1.82) is 5.26 Å². The standard InChI is InChI=1S/C18H15N5O/c19-9-12-3-5-14(6-4-12)16-7-15(8-17-21-11-22-23(16)17)18(24)20-10-13-1-2-13/h3-8,11,13H,1-2,10H2,(H,20,24). The highest BCUT2D eigenvalue weighted by Crippen LogP contribution is 2.28. The Morgan fingerprint density at radius 3 is 2.79 bits per heavy atom. The van der Waals surface area contributed by atoms with Crippen molar-refractivity contribution in [3.63, 3.8) is 0 Å². The molecule has 0 spiro atoms. The van der Waals surface area contributed by atoms with Crippen LogP contribution in [0.15, 0.2) is 42.7 Å². The fourth-order valence-electron chi connectivity index (χ4n) is 2.64. The van der Waals surface area contributed by atoms with Gasteiger partial charge in [-0.1, -0.05) is 12.1 Å². The molecule has 24 heavy (non-hydrogen) atoms. The van der Waals surface area contributed by atoms with Crippen LogP contribution in [0.5, 0.6) is 0 Å². The quantitative estimate of drug-likeness (QED) is 0.801. The van der Waals surface area contributed by atoms with Crippen molar-refractivity contribution in [2.24, 2.45) is 5.92 Å². The molecule has 1 aliphatic rings. The Balaban J connectivity index is 1.73. The highest BCUT2D eigenvalue weighted by atomic mass is 16.1. The van der Waals surface area contributed by atoms with Gasteiger partial charge in [-0.25, -0.2) is 9.50 Å². The molecule has 0 unspecified atom stereocenters. The molecule has 1 aromatic carbocycles. The first-order valence-corrected chi connectivity index (χ1v) is 7.87. The molecule has 0 bridgehead atoms. The maximum Gasteiger partial charge on any atom is 0.251 e. The van der Waals surface area contributed by atoms with Crippen molar-refractivity contribution in [2.75, 3.05) is 6.54 Å². The second kappa shape index (κ2) is 5.78. The molecule has 6 nitrogen and oxygen atoms in total. The average Bonchev–Trinajstić information content (AvgIpc) is 3.33. The maximum absolute atomic E-state index is 12.4. The number of hydrogen-bond acceptors (Lipinski definition) is 4. The van der Waals surface area contributed by atoms with Crippen LogP contribution in [0.3, 0.4) is 0 Å². The Hall–Kier alpha value is -3.20. The van der Waals surface area contributed by atoms with E-state index in [-0.39, 0.29) is 5.91 Å². The molecule has 3 aromatic rings. The smallest absolute Gasteiger partial charge is 0.251 e. The van der Waals surface area contributed by atoms with Crippen molar-refractivity contribution in [3.05, 3.63) is 53.9 Å². The summed E-state index contributed by atoms with van der Waals surface area (Å²) in [5.74, 6) is 0.533. The van der Waals surface area contributed by atoms with Gasteiger partial charge < -0.3 is 5.32 Å². The van der Waals surface area contributed by atoms with Gasteiger partial charge in [0.2, 0.25) is 0 Å². The minimum Gasteiger partial charge on any atom is -0.352 e. The number of nitrogens with zero attached hydrogens (tertiary/aromatic N) is 4. The van der Waals surface area contributed by atoms with Crippen molar-refractivity contribution < 1.29 is 4.79 Å². The van der Waals surface area contributed by atoms with Gasteiger partial charge in [0.1, 0.15) is 6.33 Å². The summed E-state index contributed by atoms with van der Waals surface area (Å²) in [6, 6.07) is 12.8. The van der Waals surface area contributed by atoms with E-state index in [0.717, 1.165) is 17.8 Å². The first-order valence-electron chi connectivity index (χ1n) is 7.87. The fourth-order valence-corrected chi connectivity index (χ4v) is 2.64. The molecule has 1 fully saturated rings. The van der Waals surface area contributed by atoms with Gasteiger partial charge in [-0.2, -0.15) is 10.4 Å². The van der Waals surface area contributed by atoms with Gasteiger partial charge in [-0.05, 0) is 43.0 Å². The molecule has 2 heterocycles. The highest BCUT2D eigenvalue weighted by Gasteiger charge is 2.22. The average molecular weight is 317 g/mol. The lowest BCUT2D eigenvalue weighted by molar-refractivity contribution is 0.0952. The van der Waals surface area contributed by atoms with Crippen LogP contribution >= 0.6 is 0 Å². The molecule has 0 saturated heterocycles. The number of fused-ring (bicyclic) bond motifs is 1. The molecule has 118 valence electrons. The summed E-state index contributed by atoms with van der Waals surface area (Å²) in [5.41, 5.74) is 3.42. The zero-order valence-corrected chi connectivity index (χ0v) is 12.9. The van der Waals surface area contributed by atoms with Crippen molar-refractivity contribution in [1.82, 2.24) is 19.9 Å². The second-order valence-electron chi connectivity index (χ2n) is 6.00. The highest BCUT2D eigenvalue weighted by molar-refractivity contribution is 5.96. The summed E-state index contributed by atoms with van der Waals surface area (Å²) < 4.78 is 1.69. The molecule has 1 amide bonds. The Bertz CT molecular complexity index is 948. The van der Waals surface area contributed by atoms with Crippen LogP contribution in [-0.2, 0) is 0 Å². The number of rotatable bonds is 4. The topological polar surface area (TPSA) is 83.1 Å². The van der Waals surface area contributed by atoms with E-state index in [2.05, 4.69) is 21.5 Å². The number of pyridine rings is 1. The van der Waals surface area contributed by atoms with Crippen molar-refractivity contribution in [2.45, 2.75) is 12.8 Å². The van der Waals surface area contributed by atoms with Crippen molar-refractivity contribution >= 4 is 11.6 Å². The molecule has 0 atom stereocenters. The summed E-state index contributed by atoms with van der Waals surface area (Å²) in [6.45, 7) is 0.725. The predicted octanol–water partition coefficient (Wildman–Crippen LogP) is 2.41. The molecule has 1 N–H and O–H groups in total. The molecule has 4 rings (SSSR count). The first kappa shape index (κ1) is 14.4. The Kier molecular flexibility index (Phi) is 3.47. The van der Waals surface area contributed by atoms with E-state index < -0.39 is 0 Å². The number of aromatic nitrogens is 3. The zero-order chi connectivity index (χ0) is 16.5. The van der Waals surface area contributed by atoms with E-state index in [1.54, 1.807) is 22.7 Å². The minimum absolute atomic E-state index is 0.0951. The van der Waals surface area contributed by atoms with Crippen LogP contribution in [0.4, 0.5) is 0 Å².